The molecule has 1 fully saturated rings. The number of hydrogen-bond donors (Lipinski definition) is 2. The van der Waals surface area contributed by atoms with E-state index in [4.69, 9.17) is 5.73 Å². The third-order valence-corrected chi connectivity index (χ3v) is 3.63. The molecule has 2 rings (SSSR count). The third kappa shape index (κ3) is 2.40. The molecule has 3 nitrogen and oxygen atoms in total. The Labute approximate surface area is 108 Å². The fraction of sp³-hybridized carbons (Fsp3) is 0.455. The SMILES string of the molecule is Nc1cc(I)c(F)cc1N1CCCC(O)C1. The lowest BCUT2D eigenvalue weighted by Gasteiger charge is -2.32. The van der Waals surface area contributed by atoms with E-state index in [1.54, 1.807) is 6.07 Å². The van der Waals surface area contributed by atoms with Gasteiger partial charge >= 0.3 is 0 Å². The fourth-order valence-electron chi connectivity index (χ4n) is 2.00. The molecule has 1 aliphatic heterocycles. The summed E-state index contributed by atoms with van der Waals surface area (Å²) in [6.45, 7) is 1.35. The second-order valence-corrected chi connectivity index (χ2v) is 5.23. The molecule has 5 heteroatoms. The van der Waals surface area contributed by atoms with Crippen LogP contribution in [-0.4, -0.2) is 24.3 Å². The molecule has 1 atom stereocenters. The number of piperidine rings is 1. The van der Waals surface area contributed by atoms with Crippen LogP contribution in [0.5, 0.6) is 0 Å². The van der Waals surface area contributed by atoms with Crippen molar-refractivity contribution in [3.8, 4) is 0 Å². The van der Waals surface area contributed by atoms with Crippen LogP contribution in [0.3, 0.4) is 0 Å². The second kappa shape index (κ2) is 4.75. The van der Waals surface area contributed by atoms with E-state index in [-0.39, 0.29) is 11.9 Å². The highest BCUT2D eigenvalue weighted by Gasteiger charge is 2.20. The van der Waals surface area contributed by atoms with Gasteiger partial charge in [-0.3, -0.25) is 0 Å². The van der Waals surface area contributed by atoms with E-state index in [2.05, 4.69) is 0 Å². The van der Waals surface area contributed by atoms with Gasteiger partial charge in [0.25, 0.3) is 0 Å². The largest absolute Gasteiger partial charge is 0.397 e. The molecule has 0 aromatic heterocycles. The van der Waals surface area contributed by atoms with E-state index in [1.807, 2.05) is 27.5 Å². The number of anilines is 2. The molecule has 88 valence electrons. The number of nitrogen functional groups attached to an aromatic ring is 1. The minimum atomic E-state index is -0.338. The Kier molecular flexibility index (Phi) is 3.53. The van der Waals surface area contributed by atoms with Crippen LogP contribution in [0.15, 0.2) is 12.1 Å². The Balaban J connectivity index is 2.29. The van der Waals surface area contributed by atoms with E-state index in [9.17, 15) is 9.50 Å². The molecule has 1 saturated heterocycles. The van der Waals surface area contributed by atoms with Crippen molar-refractivity contribution in [1.82, 2.24) is 0 Å². The molecule has 0 radical (unpaired) electrons. The normalized spacial score (nSPS) is 21.2. The summed E-state index contributed by atoms with van der Waals surface area (Å²) in [5.41, 5.74) is 7.13. The van der Waals surface area contributed by atoms with E-state index in [1.165, 1.54) is 6.07 Å². The first-order valence-corrected chi connectivity index (χ1v) is 6.33. The fourth-order valence-corrected chi connectivity index (χ4v) is 2.49. The Morgan fingerprint density at radius 3 is 2.94 bits per heavy atom. The van der Waals surface area contributed by atoms with Crippen molar-refractivity contribution in [2.75, 3.05) is 23.7 Å². The van der Waals surface area contributed by atoms with Crippen LogP contribution >= 0.6 is 22.6 Å². The van der Waals surface area contributed by atoms with Gasteiger partial charge < -0.3 is 15.7 Å². The highest BCUT2D eigenvalue weighted by Crippen LogP contribution is 2.29. The first-order chi connectivity index (χ1) is 7.58. The summed E-state index contributed by atoms with van der Waals surface area (Å²) in [6.07, 6.45) is 1.38. The zero-order valence-corrected chi connectivity index (χ0v) is 10.9. The van der Waals surface area contributed by atoms with Crippen LogP contribution in [0.1, 0.15) is 12.8 Å². The van der Waals surface area contributed by atoms with Crippen LogP contribution in [0, 0.1) is 9.39 Å². The number of aliphatic hydroxyl groups is 1. The van der Waals surface area contributed by atoms with Gasteiger partial charge in [0.05, 0.1) is 21.0 Å². The summed E-state index contributed by atoms with van der Waals surface area (Å²) in [5, 5.41) is 9.58. The minimum Gasteiger partial charge on any atom is -0.397 e. The minimum absolute atomic E-state index is 0.259. The Hall–Kier alpha value is -0.560. The Bertz CT molecular complexity index is 400. The molecule has 0 saturated carbocycles. The number of benzene rings is 1. The van der Waals surface area contributed by atoms with Gasteiger partial charge in [-0.1, -0.05) is 0 Å². The summed E-state index contributed by atoms with van der Waals surface area (Å²) in [7, 11) is 0. The predicted octanol–water partition coefficient (Wildman–Crippen LogP) is 1.97. The average molecular weight is 336 g/mol. The highest BCUT2D eigenvalue weighted by atomic mass is 127. The van der Waals surface area contributed by atoms with Crippen LogP contribution < -0.4 is 10.6 Å². The lowest BCUT2D eigenvalue weighted by atomic mass is 10.1. The molecule has 1 aromatic rings. The number of rotatable bonds is 1. The maximum Gasteiger partial charge on any atom is 0.138 e. The van der Waals surface area contributed by atoms with E-state index >= 15 is 0 Å². The molecule has 1 aliphatic rings. The number of nitrogens with two attached hydrogens (primary N) is 1. The van der Waals surface area contributed by atoms with Crippen molar-refractivity contribution in [2.24, 2.45) is 0 Å². The van der Waals surface area contributed by atoms with Crippen LogP contribution in [0.25, 0.3) is 0 Å². The molecular weight excluding hydrogens is 322 g/mol. The van der Waals surface area contributed by atoms with Crippen molar-refractivity contribution in [3.05, 3.63) is 21.5 Å². The quantitative estimate of drug-likeness (QED) is 0.609. The molecule has 0 bridgehead atoms. The number of halogens is 2. The summed E-state index contributed by atoms with van der Waals surface area (Å²) < 4.78 is 14.0. The summed E-state index contributed by atoms with van der Waals surface area (Å²) in [6, 6.07) is 3.08. The van der Waals surface area contributed by atoms with Gasteiger partial charge in [0.2, 0.25) is 0 Å². The molecule has 1 heterocycles. The Morgan fingerprint density at radius 1 is 1.50 bits per heavy atom. The van der Waals surface area contributed by atoms with E-state index in [0.717, 1.165) is 19.4 Å². The number of aliphatic hydroxyl groups excluding tert-OH is 1. The zero-order valence-electron chi connectivity index (χ0n) is 8.79. The van der Waals surface area contributed by atoms with Gasteiger partial charge in [-0.05, 0) is 41.5 Å². The maximum atomic E-state index is 13.5. The Morgan fingerprint density at radius 2 is 2.25 bits per heavy atom. The second-order valence-electron chi connectivity index (χ2n) is 4.07. The molecule has 16 heavy (non-hydrogen) atoms. The highest BCUT2D eigenvalue weighted by molar-refractivity contribution is 14.1. The van der Waals surface area contributed by atoms with Crippen molar-refractivity contribution in [3.63, 3.8) is 0 Å². The first-order valence-electron chi connectivity index (χ1n) is 5.25. The summed E-state index contributed by atoms with van der Waals surface area (Å²) in [4.78, 5) is 1.95. The molecular formula is C11H14FIN2O. The number of hydrogen-bond acceptors (Lipinski definition) is 3. The first kappa shape index (κ1) is 11.9. The van der Waals surface area contributed by atoms with Gasteiger partial charge in [-0.25, -0.2) is 4.39 Å². The van der Waals surface area contributed by atoms with Gasteiger partial charge in [0.15, 0.2) is 0 Å². The lowest BCUT2D eigenvalue weighted by Crippen LogP contribution is -2.38. The van der Waals surface area contributed by atoms with Gasteiger partial charge in [0.1, 0.15) is 5.82 Å². The standard InChI is InChI=1S/C11H14FIN2O/c12-8-4-11(10(14)5-9(8)13)15-3-1-2-7(16)6-15/h4-5,7,16H,1-3,6,14H2. The van der Waals surface area contributed by atoms with Gasteiger partial charge in [-0.15, -0.1) is 0 Å². The van der Waals surface area contributed by atoms with Gasteiger partial charge in [-0.2, -0.15) is 0 Å². The van der Waals surface area contributed by atoms with Crippen molar-refractivity contribution < 1.29 is 9.50 Å². The van der Waals surface area contributed by atoms with Crippen molar-refractivity contribution in [1.29, 1.82) is 0 Å². The van der Waals surface area contributed by atoms with Crippen molar-refractivity contribution in [2.45, 2.75) is 18.9 Å². The molecule has 3 N–H and O–H groups in total. The van der Waals surface area contributed by atoms with Gasteiger partial charge in [0, 0.05) is 19.2 Å². The lowest BCUT2D eigenvalue weighted by molar-refractivity contribution is 0.154. The molecule has 1 aromatic carbocycles. The third-order valence-electron chi connectivity index (χ3n) is 2.81. The predicted molar refractivity (Wildman–Crippen MR) is 71.0 cm³/mol. The van der Waals surface area contributed by atoms with Crippen LogP contribution in [-0.2, 0) is 0 Å². The molecule has 0 amide bonds. The molecule has 1 unspecified atom stereocenters. The van der Waals surface area contributed by atoms with Crippen LogP contribution in [0.4, 0.5) is 15.8 Å². The smallest absolute Gasteiger partial charge is 0.138 e. The van der Waals surface area contributed by atoms with Crippen molar-refractivity contribution >= 4 is 34.0 Å². The zero-order chi connectivity index (χ0) is 11.7. The van der Waals surface area contributed by atoms with E-state index < -0.39 is 0 Å². The molecule has 0 spiro atoms. The average Bonchev–Trinajstić information content (AvgIpc) is 2.23. The van der Waals surface area contributed by atoms with E-state index in [0.29, 0.717) is 21.5 Å². The summed E-state index contributed by atoms with van der Waals surface area (Å²) in [5.74, 6) is -0.259. The molecule has 0 aliphatic carbocycles. The topological polar surface area (TPSA) is 49.5 Å². The number of nitrogens with zero attached hydrogens (tertiary/aromatic N) is 1. The maximum absolute atomic E-state index is 13.5. The monoisotopic (exact) mass is 336 g/mol. The van der Waals surface area contributed by atoms with Crippen LogP contribution in [0.2, 0.25) is 0 Å². The summed E-state index contributed by atoms with van der Waals surface area (Å²) >= 11 is 1.92. The number of β-amino-alcohol motifs (C(OH)–C–C–N with tert-alkyl or cyclic N) is 1.